The number of hydrogen-bond acceptors (Lipinski definition) is 13. The maximum absolute atomic E-state index is 13.6. The first-order chi connectivity index (χ1) is 40.3. The van der Waals surface area contributed by atoms with E-state index in [1.54, 1.807) is 62.7 Å². The number of aliphatic hydroxyl groups excluding tert-OH is 3. The van der Waals surface area contributed by atoms with Crippen molar-refractivity contribution in [3.8, 4) is 22.5 Å². The van der Waals surface area contributed by atoms with Crippen LogP contribution in [0.2, 0.25) is 0 Å². The molecule has 3 aliphatic heterocycles. The predicted molar refractivity (Wildman–Crippen MR) is 344 cm³/mol. The Kier molecular flexibility index (Phi) is 28.1. The molecule has 474 valence electrons. The standard InChI is InChI=1S/C13H18BFO3.C12H24B2O4.C11H10ClFN2.C11H11FN2O.C7H6BrFO.C4H5BrN2.Cl2OS/c1-12(2)13(3,4)18-14(17-12)10-6-5-9(8-16)11(15)7-10;1-9(2)10(3,4)16-13(15-9)14-17-11(5,6)12(7,8)18-14;1-15-5-4-11(14-15)8-2-3-9(7-12)10(13)6-8;1-14-5-4-11(13-14)8-2-3-9(7-15)10(12)6-8;8-6-2-1-5(4-10)7(9)3-6;1-7-3-2-4(5)6-7;1-4(2)3/h5-7,16H,8H2,1-4H3;1-8H3;2-6H,7H2,1H3;2-6,15H,7H2,1H3;1-3,10H,4H2;2-3H,1H3;. The summed E-state index contributed by atoms with van der Waals surface area (Å²) in [7, 11) is 11.3. The highest BCUT2D eigenvalue weighted by Crippen LogP contribution is 2.43. The van der Waals surface area contributed by atoms with Gasteiger partial charge in [-0.05, 0) is 153 Å². The van der Waals surface area contributed by atoms with Gasteiger partial charge in [-0.25, -0.2) is 21.8 Å². The monoisotopic (exact) mass is 1420 g/mol. The highest BCUT2D eigenvalue weighted by Gasteiger charge is 2.63. The molecule has 0 atom stereocenters. The maximum atomic E-state index is 13.6. The third-order valence-corrected chi connectivity index (χ3v) is 16.0. The summed E-state index contributed by atoms with van der Waals surface area (Å²) in [5, 5.41) is 38.6. The van der Waals surface area contributed by atoms with Crippen molar-refractivity contribution in [3.63, 3.8) is 0 Å². The Morgan fingerprint density at radius 1 is 0.483 bits per heavy atom. The zero-order chi connectivity index (χ0) is 65.6. The quantitative estimate of drug-likeness (QED) is 0.0565. The lowest BCUT2D eigenvalue weighted by Gasteiger charge is -2.32. The lowest BCUT2D eigenvalue weighted by molar-refractivity contribution is 0.00578. The van der Waals surface area contributed by atoms with Crippen LogP contribution in [0.1, 0.15) is 105 Å². The van der Waals surface area contributed by atoms with Gasteiger partial charge in [-0.3, -0.25) is 14.0 Å². The minimum atomic E-state index is -1.67. The van der Waals surface area contributed by atoms with Gasteiger partial charge < -0.3 is 43.2 Å². The fourth-order valence-corrected chi connectivity index (χ4v) is 8.56. The summed E-state index contributed by atoms with van der Waals surface area (Å²) in [4.78, 5) is 0. The van der Waals surface area contributed by atoms with Gasteiger partial charge >= 0.3 is 21.1 Å². The maximum Gasteiger partial charge on any atom is 0.494 e. The summed E-state index contributed by atoms with van der Waals surface area (Å²) < 4.78 is 104. The van der Waals surface area contributed by atoms with E-state index in [0.717, 1.165) is 21.6 Å². The van der Waals surface area contributed by atoms with E-state index in [9.17, 15) is 17.6 Å². The predicted octanol–water partition coefficient (Wildman–Crippen LogP) is 12.9. The zero-order valence-electron chi connectivity index (χ0n) is 51.1. The van der Waals surface area contributed by atoms with Gasteiger partial charge in [-0.1, -0.05) is 58.4 Å². The van der Waals surface area contributed by atoms with E-state index in [-0.39, 0.29) is 65.3 Å². The van der Waals surface area contributed by atoms with Gasteiger partial charge in [0.2, 0.25) is 9.23 Å². The lowest BCUT2D eigenvalue weighted by Crippen LogP contribution is -2.41. The van der Waals surface area contributed by atoms with Gasteiger partial charge in [0, 0.05) is 99.0 Å². The number of aromatic nitrogens is 6. The summed E-state index contributed by atoms with van der Waals surface area (Å²) >= 11 is 11.9. The fraction of sp³-hybridized carbons (Fsp3) is 0.431. The number of aliphatic hydroxyl groups is 3. The SMILES string of the molecule is CC1(C)OB(B2OC(C)(C)C(C)(C)O2)OC1(C)C.CC1(C)OB(c2ccc(CO)c(F)c2)OC1(C)C.Cn1ccc(-c2ccc(CCl)c(F)c2)n1.Cn1ccc(-c2ccc(CO)c(F)c2)n1.Cn1ccc(Br)n1.O=S(Cl)Cl.OCc1ccc(Br)cc1F. The summed E-state index contributed by atoms with van der Waals surface area (Å²) in [6, 6.07) is 24.4. The van der Waals surface area contributed by atoms with Crippen molar-refractivity contribution in [1.82, 2.24) is 29.3 Å². The van der Waals surface area contributed by atoms with Crippen molar-refractivity contribution in [2.24, 2.45) is 21.1 Å². The third kappa shape index (κ3) is 21.6. The van der Waals surface area contributed by atoms with Crippen LogP contribution < -0.4 is 5.46 Å². The summed E-state index contributed by atoms with van der Waals surface area (Å²) in [5.41, 5.74) is 2.68. The van der Waals surface area contributed by atoms with E-state index >= 15 is 0 Å². The molecular formula is C58H74B3Br2Cl3F4N6O10S. The lowest BCUT2D eigenvalue weighted by atomic mass is 9.49. The Balaban J connectivity index is 0.000000225. The van der Waals surface area contributed by atoms with Gasteiger partial charge in [0.15, 0.2) is 0 Å². The highest BCUT2D eigenvalue weighted by molar-refractivity contribution is 9.10. The third-order valence-electron chi connectivity index (χ3n) is 14.8. The number of aryl methyl sites for hydroxylation is 3. The number of rotatable bonds is 8. The van der Waals surface area contributed by atoms with Crippen LogP contribution in [0.25, 0.3) is 22.5 Å². The Labute approximate surface area is 541 Å². The Hall–Kier alpha value is -3.96. The Morgan fingerprint density at radius 2 is 0.805 bits per heavy atom. The van der Waals surface area contributed by atoms with Crippen molar-refractivity contribution in [3.05, 3.63) is 164 Å². The largest absolute Gasteiger partial charge is 0.494 e. The van der Waals surface area contributed by atoms with Crippen LogP contribution in [-0.4, -0.2) is 104 Å². The molecule has 7 aromatic rings. The van der Waals surface area contributed by atoms with Crippen molar-refractivity contribution in [1.29, 1.82) is 0 Å². The molecule has 0 unspecified atom stereocenters. The van der Waals surface area contributed by atoms with Crippen LogP contribution in [0.4, 0.5) is 17.6 Å². The molecule has 0 radical (unpaired) electrons. The average Bonchev–Trinajstić information content (AvgIpc) is 1.64. The molecule has 16 nitrogen and oxygen atoms in total. The van der Waals surface area contributed by atoms with Crippen molar-refractivity contribution in [2.45, 2.75) is 142 Å². The molecule has 3 aliphatic rings. The molecule has 6 heterocycles. The van der Waals surface area contributed by atoms with Gasteiger partial charge in [-0.15, -0.1) is 11.6 Å². The summed E-state index contributed by atoms with van der Waals surface area (Å²) in [5.74, 6) is -1.32. The Bertz CT molecular complexity index is 3190. The molecule has 3 fully saturated rings. The van der Waals surface area contributed by atoms with E-state index < -0.39 is 53.2 Å². The Morgan fingerprint density at radius 3 is 1.09 bits per heavy atom. The van der Waals surface area contributed by atoms with E-state index in [1.165, 1.54) is 24.3 Å². The number of benzene rings is 4. The van der Waals surface area contributed by atoms with Gasteiger partial charge in [0.25, 0.3) is 0 Å². The molecule has 3 saturated heterocycles. The van der Waals surface area contributed by atoms with E-state index in [2.05, 4.69) is 68.5 Å². The number of hydrogen-bond donors (Lipinski definition) is 3. The topological polar surface area (TPSA) is 187 Å². The van der Waals surface area contributed by atoms with Crippen LogP contribution in [-0.2, 0) is 84.0 Å². The van der Waals surface area contributed by atoms with E-state index in [0.29, 0.717) is 32.2 Å². The van der Waals surface area contributed by atoms with Crippen LogP contribution >= 0.6 is 64.8 Å². The highest BCUT2D eigenvalue weighted by atomic mass is 79.9. The number of nitrogens with zero attached hydrogens (tertiary/aromatic N) is 6. The second-order valence-corrected chi connectivity index (χ2v) is 27.4. The molecular weight excluding hydrogens is 1350 g/mol. The molecule has 0 bridgehead atoms. The average molecular weight is 1420 g/mol. The van der Waals surface area contributed by atoms with E-state index in [4.69, 9.17) is 59.1 Å². The van der Waals surface area contributed by atoms with Gasteiger partial charge in [0.1, 0.15) is 27.9 Å². The first kappa shape index (κ1) is 75.5. The molecule has 29 heteroatoms. The fourth-order valence-electron chi connectivity index (χ4n) is 7.64. The van der Waals surface area contributed by atoms with Crippen molar-refractivity contribution in [2.75, 3.05) is 0 Å². The summed E-state index contributed by atoms with van der Waals surface area (Å²) in [6.45, 7) is 23.2. The first-order valence-electron chi connectivity index (χ1n) is 27.0. The number of halogens is 9. The zero-order valence-corrected chi connectivity index (χ0v) is 57.4. The molecule has 0 saturated carbocycles. The molecule has 4 aromatic carbocycles. The normalized spacial score (nSPS) is 17.0. The van der Waals surface area contributed by atoms with Gasteiger partial charge in [0.05, 0.1) is 70.7 Å². The second-order valence-electron chi connectivity index (χ2n) is 22.9. The van der Waals surface area contributed by atoms with Crippen molar-refractivity contribution >= 4 is 101 Å². The van der Waals surface area contributed by atoms with Crippen LogP contribution in [0, 0.1) is 23.3 Å². The van der Waals surface area contributed by atoms with Gasteiger partial charge in [-0.2, -0.15) is 15.3 Å². The summed E-state index contributed by atoms with van der Waals surface area (Å²) in [6.07, 6.45) is 5.50. The van der Waals surface area contributed by atoms with Crippen LogP contribution in [0.15, 0.2) is 119 Å². The molecule has 3 N–H and O–H groups in total. The minimum Gasteiger partial charge on any atom is -0.405 e. The molecule has 87 heavy (non-hydrogen) atoms. The smallest absolute Gasteiger partial charge is 0.405 e. The van der Waals surface area contributed by atoms with Crippen LogP contribution in [0.3, 0.4) is 0 Å². The minimum absolute atomic E-state index is 0.189. The first-order valence-corrected chi connectivity index (χ1v) is 31.9. The van der Waals surface area contributed by atoms with Crippen molar-refractivity contribution < 1.29 is 65.0 Å². The van der Waals surface area contributed by atoms with Crippen LogP contribution in [0.5, 0.6) is 0 Å². The molecule has 0 amide bonds. The van der Waals surface area contributed by atoms with E-state index in [1.807, 2.05) is 141 Å². The molecule has 0 spiro atoms. The molecule has 3 aromatic heterocycles. The second kappa shape index (κ2) is 32.4. The molecule has 0 aliphatic carbocycles. The molecule has 10 rings (SSSR count). The number of alkyl halides is 1.